The van der Waals surface area contributed by atoms with Crippen LogP contribution in [0.2, 0.25) is 0 Å². The Morgan fingerprint density at radius 2 is 1.88 bits per heavy atom. The summed E-state index contributed by atoms with van der Waals surface area (Å²) in [5.41, 5.74) is 3.97. The van der Waals surface area contributed by atoms with E-state index >= 15 is 0 Å². The maximum atomic E-state index is 6.01. The fourth-order valence-electron chi connectivity index (χ4n) is 3.85. The van der Waals surface area contributed by atoms with Crippen LogP contribution in [0.5, 0.6) is 5.75 Å². The molecular weight excluding hydrogens is 404 g/mol. The summed E-state index contributed by atoms with van der Waals surface area (Å²) in [6.45, 7) is 2.37. The molecule has 0 saturated heterocycles. The standard InChI is InChI=1S/C24H24N6O2/c1-16-19(15-28-24-26-13-11-21(29-24)20-8-4-5-12-25-20)23(32-30-16)22-10-9-18(14-27-22)31-17-6-2-3-7-17/h4-5,8-14,17H,2-3,6-7,15H2,1H3,(H,26,28,29). The molecule has 0 amide bonds. The molecule has 1 N–H and O–H groups in total. The van der Waals surface area contributed by atoms with E-state index in [1.165, 1.54) is 12.8 Å². The van der Waals surface area contributed by atoms with Gasteiger partial charge in [0.25, 0.3) is 0 Å². The topological polar surface area (TPSA) is 98.9 Å². The molecule has 1 aliphatic carbocycles. The van der Waals surface area contributed by atoms with Crippen molar-refractivity contribution in [2.75, 3.05) is 5.32 Å². The Bertz CT molecular complexity index is 1170. The second-order valence-corrected chi connectivity index (χ2v) is 7.81. The molecule has 162 valence electrons. The summed E-state index contributed by atoms with van der Waals surface area (Å²) in [7, 11) is 0. The number of nitrogens with zero attached hydrogens (tertiary/aromatic N) is 5. The lowest BCUT2D eigenvalue weighted by atomic mass is 10.1. The smallest absolute Gasteiger partial charge is 0.223 e. The predicted molar refractivity (Wildman–Crippen MR) is 120 cm³/mol. The molecule has 5 rings (SSSR count). The van der Waals surface area contributed by atoms with Crippen LogP contribution >= 0.6 is 0 Å². The zero-order valence-corrected chi connectivity index (χ0v) is 17.9. The van der Waals surface area contributed by atoms with E-state index in [1.807, 2.05) is 43.3 Å². The van der Waals surface area contributed by atoms with E-state index < -0.39 is 0 Å². The zero-order valence-electron chi connectivity index (χ0n) is 17.9. The number of anilines is 1. The minimum atomic E-state index is 0.303. The predicted octanol–water partition coefficient (Wildman–Crippen LogP) is 4.83. The lowest BCUT2D eigenvalue weighted by Gasteiger charge is -2.12. The van der Waals surface area contributed by atoms with Crippen LogP contribution in [0, 0.1) is 6.92 Å². The van der Waals surface area contributed by atoms with Gasteiger partial charge >= 0.3 is 0 Å². The Morgan fingerprint density at radius 3 is 2.66 bits per heavy atom. The first-order chi connectivity index (χ1) is 15.8. The van der Waals surface area contributed by atoms with Crippen LogP contribution in [-0.4, -0.2) is 31.2 Å². The number of ether oxygens (including phenoxy) is 1. The van der Waals surface area contributed by atoms with Gasteiger partial charge in [-0.25, -0.2) is 15.0 Å². The highest BCUT2D eigenvalue weighted by Crippen LogP contribution is 2.28. The third-order valence-corrected chi connectivity index (χ3v) is 5.56. The van der Waals surface area contributed by atoms with E-state index in [1.54, 1.807) is 18.6 Å². The van der Waals surface area contributed by atoms with E-state index in [0.29, 0.717) is 30.1 Å². The quantitative estimate of drug-likeness (QED) is 0.447. The molecule has 4 aromatic heterocycles. The van der Waals surface area contributed by atoms with Gasteiger partial charge in [0.1, 0.15) is 11.4 Å². The summed E-state index contributed by atoms with van der Waals surface area (Å²) in [5, 5.41) is 7.40. The van der Waals surface area contributed by atoms with Crippen LogP contribution in [0.3, 0.4) is 0 Å². The van der Waals surface area contributed by atoms with Gasteiger partial charge in [-0.1, -0.05) is 11.2 Å². The summed E-state index contributed by atoms with van der Waals surface area (Å²) in [6, 6.07) is 11.4. The van der Waals surface area contributed by atoms with Gasteiger partial charge in [0.05, 0.1) is 29.4 Å². The Balaban J connectivity index is 1.30. The SMILES string of the molecule is Cc1noc(-c2ccc(OC3CCCC3)cn2)c1CNc1nccc(-c2ccccn2)n1. The van der Waals surface area contributed by atoms with Crippen molar-refractivity contribution in [2.45, 2.75) is 45.3 Å². The zero-order chi connectivity index (χ0) is 21.8. The average molecular weight is 428 g/mol. The van der Waals surface area contributed by atoms with Crippen molar-refractivity contribution in [1.29, 1.82) is 0 Å². The van der Waals surface area contributed by atoms with Crippen LogP contribution in [-0.2, 0) is 6.54 Å². The number of aromatic nitrogens is 5. The monoisotopic (exact) mass is 428 g/mol. The second kappa shape index (κ2) is 9.13. The van der Waals surface area contributed by atoms with E-state index in [-0.39, 0.29) is 0 Å². The molecule has 0 radical (unpaired) electrons. The van der Waals surface area contributed by atoms with Crippen molar-refractivity contribution in [2.24, 2.45) is 0 Å². The van der Waals surface area contributed by atoms with Gasteiger partial charge < -0.3 is 14.6 Å². The summed E-state index contributed by atoms with van der Waals surface area (Å²) in [6.07, 6.45) is 10.2. The molecule has 8 nitrogen and oxygen atoms in total. The number of hydrogen-bond donors (Lipinski definition) is 1. The molecule has 8 heteroatoms. The molecule has 1 saturated carbocycles. The highest BCUT2D eigenvalue weighted by Gasteiger charge is 2.19. The molecule has 1 aliphatic rings. The molecule has 1 fully saturated rings. The third kappa shape index (κ3) is 4.44. The Kier molecular flexibility index (Phi) is 5.74. The molecule has 32 heavy (non-hydrogen) atoms. The first kappa shape index (κ1) is 20.1. The Morgan fingerprint density at radius 1 is 0.969 bits per heavy atom. The van der Waals surface area contributed by atoms with Gasteiger partial charge in [0.2, 0.25) is 5.95 Å². The lowest BCUT2D eigenvalue weighted by molar-refractivity contribution is 0.209. The van der Waals surface area contributed by atoms with Crippen molar-refractivity contribution in [3.8, 4) is 28.6 Å². The van der Waals surface area contributed by atoms with Crippen LogP contribution in [0.4, 0.5) is 5.95 Å². The van der Waals surface area contributed by atoms with E-state index in [9.17, 15) is 0 Å². The molecule has 0 bridgehead atoms. The number of pyridine rings is 2. The highest BCUT2D eigenvalue weighted by atomic mass is 16.5. The van der Waals surface area contributed by atoms with E-state index in [4.69, 9.17) is 9.26 Å². The number of rotatable bonds is 7. The third-order valence-electron chi connectivity index (χ3n) is 5.56. The van der Waals surface area contributed by atoms with Gasteiger partial charge in [-0.2, -0.15) is 0 Å². The number of aryl methyl sites for hydroxylation is 1. The first-order valence-corrected chi connectivity index (χ1v) is 10.8. The normalized spacial score (nSPS) is 13.9. The fraction of sp³-hybridized carbons (Fsp3) is 0.292. The summed E-state index contributed by atoms with van der Waals surface area (Å²) in [5.74, 6) is 1.92. The average Bonchev–Trinajstić information content (AvgIpc) is 3.49. The van der Waals surface area contributed by atoms with Crippen molar-refractivity contribution in [3.05, 3.63) is 66.2 Å². The molecule has 0 aromatic carbocycles. The van der Waals surface area contributed by atoms with E-state index in [2.05, 4.69) is 30.4 Å². The van der Waals surface area contributed by atoms with E-state index in [0.717, 1.165) is 41.2 Å². The largest absolute Gasteiger partial charge is 0.489 e. The minimum absolute atomic E-state index is 0.303. The minimum Gasteiger partial charge on any atom is -0.489 e. The fourth-order valence-corrected chi connectivity index (χ4v) is 3.85. The molecule has 0 atom stereocenters. The van der Waals surface area contributed by atoms with Crippen molar-refractivity contribution < 1.29 is 9.26 Å². The van der Waals surface area contributed by atoms with Crippen LogP contribution < -0.4 is 10.1 Å². The Labute approximate surface area is 186 Å². The number of hydrogen-bond acceptors (Lipinski definition) is 8. The Hall–Kier alpha value is -3.81. The van der Waals surface area contributed by atoms with Crippen LogP contribution in [0.25, 0.3) is 22.8 Å². The lowest BCUT2D eigenvalue weighted by Crippen LogP contribution is -2.10. The van der Waals surface area contributed by atoms with Gasteiger partial charge in [-0.15, -0.1) is 0 Å². The first-order valence-electron chi connectivity index (χ1n) is 10.8. The maximum Gasteiger partial charge on any atom is 0.223 e. The molecule has 0 spiro atoms. The molecular formula is C24H24N6O2. The van der Waals surface area contributed by atoms with Gasteiger partial charge in [0, 0.05) is 24.5 Å². The summed E-state index contributed by atoms with van der Waals surface area (Å²) in [4.78, 5) is 17.8. The van der Waals surface area contributed by atoms with Gasteiger partial charge in [0.15, 0.2) is 5.76 Å². The number of nitrogens with one attached hydrogen (secondary N) is 1. The molecule has 4 heterocycles. The van der Waals surface area contributed by atoms with Gasteiger partial charge in [-0.05, 0) is 62.9 Å². The summed E-state index contributed by atoms with van der Waals surface area (Å²) >= 11 is 0. The second-order valence-electron chi connectivity index (χ2n) is 7.81. The van der Waals surface area contributed by atoms with Crippen molar-refractivity contribution in [1.82, 2.24) is 25.1 Å². The van der Waals surface area contributed by atoms with Gasteiger partial charge in [-0.3, -0.25) is 4.98 Å². The molecule has 0 unspecified atom stereocenters. The molecule has 0 aliphatic heterocycles. The van der Waals surface area contributed by atoms with Crippen molar-refractivity contribution >= 4 is 5.95 Å². The summed E-state index contributed by atoms with van der Waals surface area (Å²) < 4.78 is 11.6. The van der Waals surface area contributed by atoms with Crippen LogP contribution in [0.15, 0.2) is 59.5 Å². The van der Waals surface area contributed by atoms with Crippen molar-refractivity contribution in [3.63, 3.8) is 0 Å². The highest BCUT2D eigenvalue weighted by molar-refractivity contribution is 5.59. The maximum absolute atomic E-state index is 6.01. The molecule has 4 aromatic rings. The van der Waals surface area contributed by atoms with Crippen LogP contribution in [0.1, 0.15) is 36.9 Å².